The Morgan fingerprint density at radius 1 is 1.36 bits per heavy atom. The number of rotatable bonds is 0. The summed E-state index contributed by atoms with van der Waals surface area (Å²) in [5.74, 6) is 0. The Morgan fingerprint density at radius 3 is 1.91 bits per heavy atom. The van der Waals surface area contributed by atoms with Crippen LogP contribution in [0.2, 0.25) is 0 Å². The first-order valence-corrected chi connectivity index (χ1v) is 4.51. The van der Waals surface area contributed by atoms with Gasteiger partial charge in [0.1, 0.15) is 6.30 Å². The molecule has 0 radical (unpaired) electrons. The molecule has 0 aliphatic carbocycles. The summed E-state index contributed by atoms with van der Waals surface area (Å²) in [4.78, 5) is 16.5. The van der Waals surface area contributed by atoms with Crippen LogP contribution in [-0.2, 0) is 0 Å². The molecule has 1 unspecified atom stereocenters. The molecular weight excluding hydrogens is 159 g/mol. The summed E-state index contributed by atoms with van der Waals surface area (Å²) in [5, 5.41) is 0. The van der Waals surface area contributed by atoms with E-state index >= 15 is 0 Å². The van der Waals surface area contributed by atoms with Gasteiger partial charge in [0, 0.05) is 0 Å². The molecule has 0 spiro atoms. The summed E-state index contributed by atoms with van der Waals surface area (Å²) in [7, 11) is -2.12. The van der Waals surface area contributed by atoms with Crippen molar-refractivity contribution < 1.29 is 9.79 Å². The first kappa shape index (κ1) is 10.3. The van der Waals surface area contributed by atoms with Crippen molar-refractivity contribution in [2.75, 3.05) is 0 Å². The number of aryl methyl sites for hydroxylation is 1. The Balaban J connectivity index is 0.000000218. The normalized spacial score (nSPS) is 9.55. The van der Waals surface area contributed by atoms with Crippen molar-refractivity contribution in [3.63, 3.8) is 0 Å². The Kier molecular flexibility index (Phi) is 5.67. The third kappa shape index (κ3) is 9.31. The van der Waals surface area contributed by atoms with Crippen molar-refractivity contribution in [2.24, 2.45) is 0 Å². The van der Waals surface area contributed by atoms with E-state index in [1.54, 1.807) is 0 Å². The van der Waals surface area contributed by atoms with Crippen molar-refractivity contribution >= 4 is 14.3 Å². The molecule has 2 nitrogen and oxygen atoms in total. The maximum atomic E-state index is 9.04. The lowest BCUT2D eigenvalue weighted by Gasteiger charge is -1.82. The van der Waals surface area contributed by atoms with E-state index in [2.05, 4.69) is 25.4 Å². The van der Waals surface area contributed by atoms with E-state index in [4.69, 9.17) is 9.79 Å². The molecule has 0 aromatic heterocycles. The molecule has 1 atom stereocenters. The van der Waals surface area contributed by atoms with Gasteiger partial charge in [0.15, 0.2) is 0 Å². The highest BCUT2D eigenvalue weighted by molar-refractivity contribution is 7.41. The summed E-state index contributed by atoms with van der Waals surface area (Å²) in [5.41, 5.74) is 1.32. The lowest BCUT2D eigenvalue weighted by atomic mass is 10.2. The summed E-state index contributed by atoms with van der Waals surface area (Å²) >= 11 is 0. The number of hydrogen-bond donors (Lipinski definition) is 1. The Labute approximate surface area is 67.7 Å². The molecule has 0 saturated heterocycles. The maximum Gasteiger partial charge on any atom is 0.209 e. The van der Waals surface area contributed by atoms with Gasteiger partial charge in [-0.25, -0.2) is 0 Å². The standard InChI is InChI=1S/C7H8.CH3O2P/c1-7-5-3-2-4-6-7;1-4(2)3/h2-6H,1H3;1H2,(H,2,3). The number of benzene rings is 1. The minimum absolute atomic E-state index is 1.32. The van der Waals surface area contributed by atoms with Crippen LogP contribution in [0.4, 0.5) is 0 Å². The van der Waals surface area contributed by atoms with Crippen LogP contribution in [0.1, 0.15) is 5.56 Å². The predicted molar refractivity (Wildman–Crippen MR) is 47.4 cm³/mol. The van der Waals surface area contributed by atoms with E-state index < -0.39 is 8.00 Å². The van der Waals surface area contributed by atoms with Crippen LogP contribution < -0.4 is 4.89 Å². The molecule has 60 valence electrons. The second kappa shape index (κ2) is 6.05. The highest BCUT2D eigenvalue weighted by Crippen LogP contribution is 1.92. The van der Waals surface area contributed by atoms with Gasteiger partial charge >= 0.3 is 0 Å². The Hall–Kier alpha value is -0.690. The fraction of sp³-hybridized carbons (Fsp3) is 0.125. The summed E-state index contributed by atoms with van der Waals surface area (Å²) in [6.45, 7) is 2.08. The molecule has 1 aromatic carbocycles. The first-order valence-electron chi connectivity index (χ1n) is 3.11. The minimum atomic E-state index is -2.12. The molecular formula is C8H11O2P. The quantitative estimate of drug-likeness (QED) is 0.592. The molecule has 0 amide bonds. The molecule has 0 bridgehead atoms. The van der Waals surface area contributed by atoms with E-state index in [1.807, 2.05) is 18.2 Å². The van der Waals surface area contributed by atoms with E-state index in [1.165, 1.54) is 5.56 Å². The van der Waals surface area contributed by atoms with Gasteiger partial charge in [-0.15, -0.1) is 0 Å². The monoisotopic (exact) mass is 170 g/mol. The first-order chi connectivity index (χ1) is 5.13. The van der Waals surface area contributed by atoms with Crippen LogP contribution >= 0.6 is 8.00 Å². The summed E-state index contributed by atoms with van der Waals surface area (Å²) < 4.78 is 0. The van der Waals surface area contributed by atoms with Crippen LogP contribution in [0.25, 0.3) is 0 Å². The molecule has 1 N–H and O–H groups in total. The van der Waals surface area contributed by atoms with Gasteiger partial charge < -0.3 is 4.89 Å². The van der Waals surface area contributed by atoms with Crippen molar-refractivity contribution in [3.05, 3.63) is 35.9 Å². The molecule has 3 heteroatoms. The third-order valence-corrected chi connectivity index (χ3v) is 0.940. The fourth-order valence-electron chi connectivity index (χ4n) is 0.534. The van der Waals surface area contributed by atoms with Gasteiger partial charge in [-0.3, -0.25) is 0 Å². The largest absolute Gasteiger partial charge is 0.604 e. The van der Waals surface area contributed by atoms with Gasteiger partial charge in [0.2, 0.25) is 8.00 Å². The van der Waals surface area contributed by atoms with E-state index in [0.717, 1.165) is 0 Å². The smallest absolute Gasteiger partial charge is 0.209 e. The maximum absolute atomic E-state index is 9.04. The van der Waals surface area contributed by atoms with Crippen molar-refractivity contribution in [1.29, 1.82) is 0 Å². The van der Waals surface area contributed by atoms with Gasteiger partial charge in [-0.05, 0) is 6.92 Å². The predicted octanol–water partition coefficient (Wildman–Crippen LogP) is 1.08. The van der Waals surface area contributed by atoms with E-state index in [9.17, 15) is 0 Å². The molecule has 0 saturated carbocycles. The molecule has 0 heterocycles. The van der Waals surface area contributed by atoms with Crippen LogP contribution in [0, 0.1) is 6.92 Å². The highest BCUT2D eigenvalue weighted by Gasteiger charge is 1.72. The van der Waals surface area contributed by atoms with Crippen molar-refractivity contribution in [3.8, 4) is 0 Å². The van der Waals surface area contributed by atoms with Crippen LogP contribution in [-0.4, -0.2) is 11.2 Å². The van der Waals surface area contributed by atoms with E-state index in [-0.39, 0.29) is 0 Å². The second-order valence-corrected chi connectivity index (χ2v) is 2.71. The molecule has 1 aromatic rings. The van der Waals surface area contributed by atoms with Crippen LogP contribution in [0.15, 0.2) is 30.3 Å². The minimum Gasteiger partial charge on any atom is -0.604 e. The third-order valence-electron chi connectivity index (χ3n) is 0.940. The molecule has 0 aliphatic rings. The second-order valence-electron chi connectivity index (χ2n) is 2.01. The lowest BCUT2D eigenvalue weighted by Crippen LogP contribution is -1.79. The average molecular weight is 170 g/mol. The summed E-state index contributed by atoms with van der Waals surface area (Å²) in [6, 6.07) is 10.3. The van der Waals surface area contributed by atoms with Crippen molar-refractivity contribution in [1.82, 2.24) is 0 Å². The van der Waals surface area contributed by atoms with Crippen LogP contribution in [0.5, 0.6) is 0 Å². The van der Waals surface area contributed by atoms with Gasteiger partial charge in [0.25, 0.3) is 0 Å². The zero-order valence-corrected chi connectivity index (χ0v) is 7.29. The lowest BCUT2D eigenvalue weighted by molar-refractivity contribution is -0.167. The Morgan fingerprint density at radius 2 is 1.73 bits per heavy atom. The summed E-state index contributed by atoms with van der Waals surface area (Å²) in [6.07, 6.45) is 2.70. The van der Waals surface area contributed by atoms with Gasteiger partial charge in [-0.1, -0.05) is 35.9 Å². The van der Waals surface area contributed by atoms with Crippen LogP contribution in [0.3, 0.4) is 0 Å². The molecule has 0 fully saturated rings. The molecule has 11 heavy (non-hydrogen) atoms. The Bertz CT molecular complexity index is 205. The van der Waals surface area contributed by atoms with Crippen molar-refractivity contribution in [2.45, 2.75) is 6.92 Å². The highest BCUT2D eigenvalue weighted by atomic mass is 31.1. The van der Waals surface area contributed by atoms with Gasteiger partial charge in [-0.2, -0.15) is 4.89 Å². The van der Waals surface area contributed by atoms with E-state index in [0.29, 0.717) is 0 Å². The zero-order valence-electron chi connectivity index (χ0n) is 6.40. The van der Waals surface area contributed by atoms with Gasteiger partial charge in [0.05, 0.1) is 0 Å². The SMILES string of the molecule is C=[P+]([O-])O.Cc1ccccc1. The fourth-order valence-corrected chi connectivity index (χ4v) is 0.534. The molecule has 0 aliphatic heterocycles. The average Bonchev–Trinajstić information content (AvgIpc) is 1.87. The zero-order chi connectivity index (χ0) is 8.69. The topological polar surface area (TPSA) is 43.3 Å². The number of hydrogen-bond acceptors (Lipinski definition) is 2. The molecule has 1 rings (SSSR count).